The zero-order valence-electron chi connectivity index (χ0n) is 10.6. The highest BCUT2D eigenvalue weighted by Gasteiger charge is 2.13. The molecular weight excluding hydrogens is 284 g/mol. The van der Waals surface area contributed by atoms with E-state index in [0.29, 0.717) is 10.7 Å². The Bertz CT molecular complexity index is 606. The minimum absolute atomic E-state index is 0.143. The summed E-state index contributed by atoms with van der Waals surface area (Å²) in [5, 5.41) is 1.21. The molecule has 2 aromatic rings. The van der Waals surface area contributed by atoms with Crippen molar-refractivity contribution >= 4 is 34.6 Å². The maximum absolute atomic E-state index is 11.9. The number of anilines is 1. The summed E-state index contributed by atoms with van der Waals surface area (Å²) in [7, 11) is 0. The Hall–Kier alpha value is -1.59. The average molecular weight is 297 g/mol. The summed E-state index contributed by atoms with van der Waals surface area (Å²) in [4.78, 5) is 17.3. The number of ether oxygens (including phenoxy) is 1. The fraction of sp³-hybridized carbons (Fsp3) is 0.231. The van der Waals surface area contributed by atoms with Crippen molar-refractivity contribution in [1.82, 2.24) is 4.98 Å². The average Bonchev–Trinajstić information content (AvgIpc) is 2.69. The first kappa shape index (κ1) is 13.8. The Kier molecular flexibility index (Phi) is 4.07. The minimum Gasteiger partial charge on any atom is -0.455 e. The van der Waals surface area contributed by atoms with Gasteiger partial charge in [-0.1, -0.05) is 11.6 Å². The predicted octanol–water partition coefficient (Wildman–Crippen LogP) is 3.35. The van der Waals surface area contributed by atoms with Crippen LogP contribution in [-0.2, 0) is 11.3 Å². The fourth-order valence-corrected chi connectivity index (χ4v) is 2.53. The molecule has 0 aliphatic carbocycles. The van der Waals surface area contributed by atoms with Crippen molar-refractivity contribution in [2.75, 3.05) is 5.73 Å². The molecule has 100 valence electrons. The molecule has 0 unspecified atom stereocenters. The molecule has 1 aromatic carbocycles. The third kappa shape index (κ3) is 3.24. The first-order valence-electron chi connectivity index (χ1n) is 5.62. The van der Waals surface area contributed by atoms with Crippen LogP contribution in [0.4, 0.5) is 5.69 Å². The number of carbonyl (C=O) groups is 1. The van der Waals surface area contributed by atoms with E-state index in [-0.39, 0.29) is 12.2 Å². The molecule has 1 heterocycles. The number of hydrogen-bond acceptors (Lipinski definition) is 5. The molecular formula is C13H13ClN2O2S. The van der Waals surface area contributed by atoms with Gasteiger partial charge in [0.25, 0.3) is 0 Å². The highest BCUT2D eigenvalue weighted by molar-refractivity contribution is 7.11. The van der Waals surface area contributed by atoms with E-state index in [2.05, 4.69) is 4.98 Å². The number of hydrogen-bond donors (Lipinski definition) is 1. The van der Waals surface area contributed by atoms with E-state index in [1.807, 2.05) is 13.8 Å². The highest BCUT2D eigenvalue weighted by atomic mass is 35.5. The van der Waals surface area contributed by atoms with Gasteiger partial charge in [-0.25, -0.2) is 9.78 Å². The van der Waals surface area contributed by atoms with Gasteiger partial charge in [-0.05, 0) is 32.0 Å². The molecule has 2 rings (SSSR count). The molecule has 0 amide bonds. The van der Waals surface area contributed by atoms with Crippen molar-refractivity contribution in [3.8, 4) is 0 Å². The maximum Gasteiger partial charge on any atom is 0.340 e. The first-order valence-corrected chi connectivity index (χ1v) is 6.82. The van der Waals surface area contributed by atoms with Gasteiger partial charge in [-0.15, -0.1) is 11.3 Å². The number of benzene rings is 1. The second kappa shape index (κ2) is 5.59. The van der Waals surface area contributed by atoms with Crippen molar-refractivity contribution in [2.24, 2.45) is 0 Å². The van der Waals surface area contributed by atoms with E-state index in [0.717, 1.165) is 15.6 Å². The molecule has 2 N–H and O–H groups in total. The number of thiazole rings is 1. The third-order valence-corrected chi connectivity index (χ3v) is 3.92. The molecule has 0 saturated heterocycles. The van der Waals surface area contributed by atoms with Gasteiger partial charge in [0.2, 0.25) is 0 Å². The predicted molar refractivity (Wildman–Crippen MR) is 76.6 cm³/mol. The number of nitrogens with two attached hydrogens (primary N) is 1. The summed E-state index contributed by atoms with van der Waals surface area (Å²) in [5.41, 5.74) is 7.30. The quantitative estimate of drug-likeness (QED) is 0.697. The standard InChI is InChI=1S/C13H13ClN2O2S/c1-7-8(2)19-12(16-7)6-18-13(17)10-5-9(14)3-4-11(10)15/h3-5H,6,15H2,1-2H3. The van der Waals surface area contributed by atoms with Crippen LogP contribution in [0.3, 0.4) is 0 Å². The van der Waals surface area contributed by atoms with Gasteiger partial charge in [-0.2, -0.15) is 0 Å². The van der Waals surface area contributed by atoms with Crippen LogP contribution in [0.25, 0.3) is 0 Å². The Labute approximate surface area is 120 Å². The van der Waals surface area contributed by atoms with Crippen LogP contribution < -0.4 is 5.73 Å². The number of nitrogen functional groups attached to an aromatic ring is 1. The number of nitrogens with zero attached hydrogens (tertiary/aromatic N) is 1. The minimum atomic E-state index is -0.495. The number of halogens is 1. The molecule has 0 radical (unpaired) electrons. The SMILES string of the molecule is Cc1nc(COC(=O)c2cc(Cl)ccc2N)sc1C. The Balaban J connectivity index is 2.07. The Morgan fingerprint density at radius 2 is 2.21 bits per heavy atom. The highest BCUT2D eigenvalue weighted by Crippen LogP contribution is 2.21. The van der Waals surface area contributed by atoms with Crippen LogP contribution in [0, 0.1) is 13.8 Å². The lowest BCUT2D eigenvalue weighted by Gasteiger charge is -2.06. The van der Waals surface area contributed by atoms with Gasteiger partial charge in [0.05, 0.1) is 11.3 Å². The number of aromatic nitrogens is 1. The van der Waals surface area contributed by atoms with E-state index in [1.54, 1.807) is 12.1 Å². The summed E-state index contributed by atoms with van der Waals surface area (Å²) in [5.74, 6) is -0.495. The normalized spacial score (nSPS) is 10.5. The van der Waals surface area contributed by atoms with Gasteiger partial charge in [0.1, 0.15) is 11.6 Å². The zero-order chi connectivity index (χ0) is 14.0. The number of carbonyl (C=O) groups excluding carboxylic acids is 1. The summed E-state index contributed by atoms with van der Waals surface area (Å²) in [6, 6.07) is 4.70. The molecule has 0 aliphatic rings. The molecule has 0 aliphatic heterocycles. The smallest absolute Gasteiger partial charge is 0.340 e. The molecule has 0 atom stereocenters. The number of rotatable bonds is 3. The Morgan fingerprint density at radius 3 is 2.84 bits per heavy atom. The zero-order valence-corrected chi connectivity index (χ0v) is 12.1. The molecule has 0 fully saturated rings. The lowest BCUT2D eigenvalue weighted by atomic mass is 10.2. The molecule has 0 bridgehead atoms. The first-order chi connectivity index (χ1) is 8.97. The van der Waals surface area contributed by atoms with Crippen LogP contribution in [0.1, 0.15) is 25.9 Å². The van der Waals surface area contributed by atoms with E-state index in [1.165, 1.54) is 17.4 Å². The van der Waals surface area contributed by atoms with Crippen molar-refractivity contribution in [1.29, 1.82) is 0 Å². The van der Waals surface area contributed by atoms with Crippen LogP contribution in [0.5, 0.6) is 0 Å². The lowest BCUT2D eigenvalue weighted by Crippen LogP contribution is -2.08. The second-order valence-electron chi connectivity index (χ2n) is 4.06. The molecule has 19 heavy (non-hydrogen) atoms. The van der Waals surface area contributed by atoms with Gasteiger partial charge in [0, 0.05) is 15.6 Å². The van der Waals surface area contributed by atoms with Crippen LogP contribution in [-0.4, -0.2) is 11.0 Å². The van der Waals surface area contributed by atoms with Crippen molar-refractivity contribution in [3.05, 3.63) is 44.4 Å². The summed E-state index contributed by atoms with van der Waals surface area (Å²) >= 11 is 7.34. The molecule has 1 aromatic heterocycles. The molecule has 6 heteroatoms. The monoisotopic (exact) mass is 296 g/mol. The van der Waals surface area contributed by atoms with E-state index in [9.17, 15) is 4.79 Å². The van der Waals surface area contributed by atoms with Gasteiger partial charge >= 0.3 is 5.97 Å². The lowest BCUT2D eigenvalue weighted by molar-refractivity contribution is 0.0473. The maximum atomic E-state index is 11.9. The molecule has 0 saturated carbocycles. The van der Waals surface area contributed by atoms with Crippen LogP contribution in [0.15, 0.2) is 18.2 Å². The van der Waals surface area contributed by atoms with Crippen molar-refractivity contribution in [3.63, 3.8) is 0 Å². The molecule has 4 nitrogen and oxygen atoms in total. The third-order valence-electron chi connectivity index (χ3n) is 2.63. The number of aryl methyl sites for hydroxylation is 2. The van der Waals surface area contributed by atoms with E-state index < -0.39 is 5.97 Å². The second-order valence-corrected chi connectivity index (χ2v) is 5.78. The van der Waals surface area contributed by atoms with Crippen molar-refractivity contribution < 1.29 is 9.53 Å². The van der Waals surface area contributed by atoms with Gasteiger partial charge in [-0.3, -0.25) is 0 Å². The van der Waals surface area contributed by atoms with Crippen LogP contribution >= 0.6 is 22.9 Å². The van der Waals surface area contributed by atoms with Crippen molar-refractivity contribution in [2.45, 2.75) is 20.5 Å². The van der Waals surface area contributed by atoms with E-state index in [4.69, 9.17) is 22.1 Å². The molecule has 0 spiro atoms. The summed E-state index contributed by atoms with van der Waals surface area (Å²) in [6.07, 6.45) is 0. The largest absolute Gasteiger partial charge is 0.455 e. The van der Waals surface area contributed by atoms with Gasteiger partial charge in [0.15, 0.2) is 0 Å². The summed E-state index contributed by atoms with van der Waals surface area (Å²) < 4.78 is 5.19. The van der Waals surface area contributed by atoms with E-state index >= 15 is 0 Å². The summed E-state index contributed by atoms with van der Waals surface area (Å²) in [6.45, 7) is 4.05. The topological polar surface area (TPSA) is 65.2 Å². The van der Waals surface area contributed by atoms with Crippen LogP contribution in [0.2, 0.25) is 5.02 Å². The van der Waals surface area contributed by atoms with Gasteiger partial charge < -0.3 is 10.5 Å². The fourth-order valence-electron chi connectivity index (χ4n) is 1.51. The Morgan fingerprint density at radius 1 is 1.47 bits per heavy atom. The number of esters is 1.